The second-order valence-corrected chi connectivity index (χ2v) is 7.70. The maximum Gasteiger partial charge on any atom is 0.194 e. The molecular weight excluding hydrogens is 378 g/mol. The minimum absolute atomic E-state index is 0.223. The van der Waals surface area contributed by atoms with Gasteiger partial charge in [0.2, 0.25) is 0 Å². The van der Waals surface area contributed by atoms with Crippen molar-refractivity contribution in [3.05, 3.63) is 47.7 Å². The monoisotopic (exact) mass is 409 g/mol. The van der Waals surface area contributed by atoms with E-state index in [1.807, 2.05) is 32.3 Å². The van der Waals surface area contributed by atoms with Crippen LogP contribution in [0, 0.1) is 0 Å². The number of aromatic nitrogens is 1. The molecule has 2 aliphatic heterocycles. The second-order valence-electron chi connectivity index (χ2n) is 7.70. The van der Waals surface area contributed by atoms with Crippen molar-refractivity contribution in [3.63, 3.8) is 0 Å². The molecule has 1 aromatic heterocycles. The predicted octanol–water partition coefficient (Wildman–Crippen LogP) is 2.70. The Morgan fingerprint density at radius 1 is 1.27 bits per heavy atom. The van der Waals surface area contributed by atoms with Gasteiger partial charge in [0.25, 0.3) is 0 Å². The molecule has 1 atom stereocenters. The number of rotatable bonds is 5. The Labute approximate surface area is 178 Å². The van der Waals surface area contributed by atoms with Crippen molar-refractivity contribution in [2.45, 2.75) is 32.9 Å². The van der Waals surface area contributed by atoms with E-state index in [-0.39, 0.29) is 6.10 Å². The number of ether oxygens (including phenoxy) is 2. The summed E-state index contributed by atoms with van der Waals surface area (Å²) in [6.45, 7) is 9.06. The van der Waals surface area contributed by atoms with Gasteiger partial charge in [-0.25, -0.2) is 4.98 Å². The molecule has 7 heteroatoms. The molecule has 0 radical (unpaired) electrons. The molecule has 7 nitrogen and oxygen atoms in total. The largest absolute Gasteiger partial charge is 0.494 e. The Balaban J connectivity index is 1.39. The number of benzene rings is 1. The number of aliphatic imine (C=N–C) groups is 1. The first-order valence-corrected chi connectivity index (χ1v) is 10.7. The fourth-order valence-electron chi connectivity index (χ4n) is 4.10. The zero-order valence-corrected chi connectivity index (χ0v) is 18.1. The minimum Gasteiger partial charge on any atom is -0.494 e. The summed E-state index contributed by atoms with van der Waals surface area (Å²) in [4.78, 5) is 13.6. The van der Waals surface area contributed by atoms with Gasteiger partial charge in [-0.1, -0.05) is 6.07 Å². The molecule has 0 aliphatic carbocycles. The number of nitrogens with zero attached hydrogens (tertiary/aromatic N) is 4. The lowest BCUT2D eigenvalue weighted by Crippen LogP contribution is -2.52. The fourth-order valence-corrected chi connectivity index (χ4v) is 4.10. The van der Waals surface area contributed by atoms with E-state index in [1.54, 1.807) is 0 Å². The highest BCUT2D eigenvalue weighted by Gasteiger charge is 2.23. The third-order valence-electron chi connectivity index (χ3n) is 5.58. The van der Waals surface area contributed by atoms with Crippen molar-refractivity contribution in [1.82, 2.24) is 15.2 Å². The average Bonchev–Trinajstić information content (AvgIpc) is 3.14. The molecule has 1 N–H and O–H groups in total. The van der Waals surface area contributed by atoms with Crippen molar-refractivity contribution < 1.29 is 9.47 Å². The number of anilines is 1. The molecule has 4 rings (SSSR count). The van der Waals surface area contributed by atoms with E-state index in [1.165, 1.54) is 5.56 Å². The van der Waals surface area contributed by atoms with Gasteiger partial charge in [-0.15, -0.1) is 0 Å². The van der Waals surface area contributed by atoms with Gasteiger partial charge in [0.05, 0.1) is 6.61 Å². The zero-order chi connectivity index (χ0) is 20.9. The molecule has 0 amide bonds. The molecule has 2 aliphatic rings. The van der Waals surface area contributed by atoms with Gasteiger partial charge in [0.15, 0.2) is 5.96 Å². The fraction of sp³-hybridized carbons (Fsp3) is 0.478. The Hall–Kier alpha value is -2.96. The number of guanidine groups is 1. The Kier molecular flexibility index (Phi) is 6.26. The Morgan fingerprint density at radius 3 is 2.80 bits per heavy atom. The zero-order valence-electron chi connectivity index (χ0n) is 18.1. The SMILES string of the molecule is CCOc1cc2c(cc1CNC(=NC)N1CCN(c3ccccn3)CC1)OC(C)C2. The lowest BCUT2D eigenvalue weighted by molar-refractivity contribution is 0.254. The van der Waals surface area contributed by atoms with Crippen LogP contribution >= 0.6 is 0 Å². The molecule has 0 saturated carbocycles. The second kappa shape index (κ2) is 9.24. The summed E-state index contributed by atoms with van der Waals surface area (Å²) in [6, 6.07) is 10.3. The van der Waals surface area contributed by atoms with Crippen molar-refractivity contribution in [2.24, 2.45) is 4.99 Å². The maximum atomic E-state index is 5.95. The summed E-state index contributed by atoms with van der Waals surface area (Å²) in [5.41, 5.74) is 2.32. The van der Waals surface area contributed by atoms with Crippen molar-refractivity contribution in [3.8, 4) is 11.5 Å². The van der Waals surface area contributed by atoms with Crippen LogP contribution in [0.15, 0.2) is 41.5 Å². The van der Waals surface area contributed by atoms with Crippen LogP contribution in [0.5, 0.6) is 11.5 Å². The Morgan fingerprint density at radius 2 is 2.10 bits per heavy atom. The first-order valence-electron chi connectivity index (χ1n) is 10.7. The highest BCUT2D eigenvalue weighted by atomic mass is 16.5. The average molecular weight is 410 g/mol. The van der Waals surface area contributed by atoms with Gasteiger partial charge in [-0.3, -0.25) is 4.99 Å². The van der Waals surface area contributed by atoms with E-state index < -0.39 is 0 Å². The van der Waals surface area contributed by atoms with Gasteiger partial charge in [0, 0.05) is 63.5 Å². The summed E-state index contributed by atoms with van der Waals surface area (Å²) in [5.74, 6) is 3.85. The summed E-state index contributed by atoms with van der Waals surface area (Å²) >= 11 is 0. The predicted molar refractivity (Wildman–Crippen MR) is 120 cm³/mol. The lowest BCUT2D eigenvalue weighted by Gasteiger charge is -2.37. The van der Waals surface area contributed by atoms with Gasteiger partial charge in [-0.05, 0) is 38.1 Å². The van der Waals surface area contributed by atoms with E-state index in [0.717, 1.165) is 61.4 Å². The summed E-state index contributed by atoms with van der Waals surface area (Å²) in [5, 5.41) is 3.52. The lowest BCUT2D eigenvalue weighted by atomic mass is 10.1. The van der Waals surface area contributed by atoms with Crippen LogP contribution in [-0.4, -0.2) is 61.8 Å². The van der Waals surface area contributed by atoms with Crippen molar-refractivity contribution in [1.29, 1.82) is 0 Å². The van der Waals surface area contributed by atoms with E-state index in [4.69, 9.17) is 9.47 Å². The summed E-state index contributed by atoms with van der Waals surface area (Å²) in [6.07, 6.45) is 3.01. The molecule has 1 saturated heterocycles. The minimum atomic E-state index is 0.223. The van der Waals surface area contributed by atoms with Crippen LogP contribution in [0.1, 0.15) is 25.0 Å². The van der Waals surface area contributed by atoms with Gasteiger partial charge >= 0.3 is 0 Å². The van der Waals surface area contributed by atoms with E-state index in [9.17, 15) is 0 Å². The van der Waals surface area contributed by atoms with Crippen LogP contribution in [0.3, 0.4) is 0 Å². The van der Waals surface area contributed by atoms with Gasteiger partial charge in [0.1, 0.15) is 23.4 Å². The highest BCUT2D eigenvalue weighted by Crippen LogP contribution is 2.35. The molecule has 160 valence electrons. The molecular formula is C23H31N5O2. The number of nitrogens with one attached hydrogen (secondary N) is 1. The number of hydrogen-bond acceptors (Lipinski definition) is 5. The van der Waals surface area contributed by atoms with Crippen LogP contribution in [0.25, 0.3) is 0 Å². The third-order valence-corrected chi connectivity index (χ3v) is 5.58. The third kappa shape index (κ3) is 4.45. The normalized spacial score (nSPS) is 18.8. The standard InChI is InChI=1S/C23H31N5O2/c1-4-29-20-14-18-13-17(2)30-21(18)15-19(20)16-26-23(24-3)28-11-9-27(10-12-28)22-7-5-6-8-25-22/h5-8,14-15,17H,4,9-13,16H2,1-3H3,(H,24,26). The number of fused-ring (bicyclic) bond motifs is 1. The number of piperazine rings is 1. The van der Waals surface area contributed by atoms with Gasteiger partial charge < -0.3 is 24.6 Å². The number of pyridine rings is 1. The molecule has 3 heterocycles. The van der Waals surface area contributed by atoms with Crippen LogP contribution < -0.4 is 19.7 Å². The summed E-state index contributed by atoms with van der Waals surface area (Å²) < 4.78 is 11.9. The number of hydrogen-bond donors (Lipinski definition) is 1. The van der Waals surface area contributed by atoms with Crippen molar-refractivity contribution in [2.75, 3.05) is 44.7 Å². The van der Waals surface area contributed by atoms with Crippen LogP contribution in [0.2, 0.25) is 0 Å². The molecule has 0 spiro atoms. The van der Waals surface area contributed by atoms with E-state index in [2.05, 4.69) is 50.2 Å². The maximum absolute atomic E-state index is 5.95. The first kappa shape index (κ1) is 20.3. The molecule has 0 bridgehead atoms. The quantitative estimate of drug-likeness (QED) is 0.605. The molecule has 1 aromatic carbocycles. The van der Waals surface area contributed by atoms with Crippen LogP contribution in [-0.2, 0) is 13.0 Å². The van der Waals surface area contributed by atoms with E-state index >= 15 is 0 Å². The highest BCUT2D eigenvalue weighted by molar-refractivity contribution is 5.80. The Bertz CT molecular complexity index is 879. The smallest absolute Gasteiger partial charge is 0.194 e. The molecule has 1 unspecified atom stereocenters. The van der Waals surface area contributed by atoms with Gasteiger partial charge in [-0.2, -0.15) is 0 Å². The summed E-state index contributed by atoms with van der Waals surface area (Å²) in [7, 11) is 1.84. The van der Waals surface area contributed by atoms with Crippen LogP contribution in [0.4, 0.5) is 5.82 Å². The van der Waals surface area contributed by atoms with Crippen molar-refractivity contribution >= 4 is 11.8 Å². The molecule has 30 heavy (non-hydrogen) atoms. The topological polar surface area (TPSA) is 62.2 Å². The molecule has 2 aromatic rings. The molecule has 1 fully saturated rings. The van der Waals surface area contributed by atoms with E-state index in [0.29, 0.717) is 13.2 Å². The first-order chi connectivity index (χ1) is 14.7.